The fourth-order valence-electron chi connectivity index (χ4n) is 3.48. The topological polar surface area (TPSA) is 70.7 Å². The quantitative estimate of drug-likeness (QED) is 0.732. The summed E-state index contributed by atoms with van der Waals surface area (Å²) in [7, 11) is 0. The van der Waals surface area contributed by atoms with Crippen LogP contribution >= 0.6 is 0 Å². The predicted molar refractivity (Wildman–Crippen MR) is 114 cm³/mol. The third kappa shape index (κ3) is 6.64. The van der Waals surface area contributed by atoms with Crippen molar-refractivity contribution in [2.24, 2.45) is 0 Å². The van der Waals surface area contributed by atoms with Gasteiger partial charge < -0.3 is 15.4 Å². The van der Waals surface area contributed by atoms with Crippen molar-refractivity contribution >= 4 is 17.5 Å². The van der Waals surface area contributed by atoms with Gasteiger partial charge in [-0.3, -0.25) is 14.5 Å². The molecule has 7 heteroatoms. The van der Waals surface area contributed by atoms with E-state index in [2.05, 4.69) is 15.5 Å². The van der Waals surface area contributed by atoms with E-state index in [1.165, 1.54) is 6.92 Å². The Morgan fingerprint density at radius 2 is 2.03 bits per heavy atom. The molecule has 0 radical (unpaired) electrons. The molecule has 2 amide bonds. The number of rotatable bonds is 7. The van der Waals surface area contributed by atoms with Crippen LogP contribution in [0.2, 0.25) is 0 Å². The first-order valence-electron chi connectivity index (χ1n) is 10.1. The van der Waals surface area contributed by atoms with Gasteiger partial charge in [0.15, 0.2) is 0 Å². The van der Waals surface area contributed by atoms with Gasteiger partial charge in [-0.05, 0) is 41.8 Å². The normalized spacial score (nSPS) is 16.8. The van der Waals surface area contributed by atoms with E-state index in [-0.39, 0.29) is 30.2 Å². The second-order valence-electron chi connectivity index (χ2n) is 7.67. The highest BCUT2D eigenvalue weighted by molar-refractivity contribution is 5.89. The number of ether oxygens (including phenoxy) is 1. The van der Waals surface area contributed by atoms with Crippen LogP contribution in [-0.4, -0.2) is 49.1 Å². The number of carbonyl (C=O) groups is 2. The number of aryl methyl sites for hydroxylation is 1. The Kier molecular flexibility index (Phi) is 7.54. The molecule has 30 heavy (non-hydrogen) atoms. The molecule has 0 aromatic heterocycles. The number of amides is 2. The number of morpholine rings is 1. The van der Waals surface area contributed by atoms with Crippen molar-refractivity contribution in [3.05, 3.63) is 65.0 Å². The summed E-state index contributed by atoms with van der Waals surface area (Å²) in [6, 6.07) is 12.6. The van der Waals surface area contributed by atoms with Crippen molar-refractivity contribution in [3.63, 3.8) is 0 Å². The highest BCUT2D eigenvalue weighted by atomic mass is 19.1. The number of nitrogens with one attached hydrogen (secondary N) is 2. The van der Waals surface area contributed by atoms with Crippen LogP contribution in [0.25, 0.3) is 0 Å². The van der Waals surface area contributed by atoms with Gasteiger partial charge in [-0.1, -0.05) is 24.3 Å². The largest absolute Gasteiger partial charge is 0.374 e. The van der Waals surface area contributed by atoms with E-state index in [0.29, 0.717) is 37.5 Å². The van der Waals surface area contributed by atoms with E-state index in [4.69, 9.17) is 4.74 Å². The van der Waals surface area contributed by atoms with Crippen LogP contribution in [0, 0.1) is 12.7 Å². The van der Waals surface area contributed by atoms with E-state index >= 15 is 0 Å². The molecule has 2 N–H and O–H groups in total. The lowest BCUT2D eigenvalue weighted by Crippen LogP contribution is -2.47. The van der Waals surface area contributed by atoms with Crippen molar-refractivity contribution in [2.75, 3.05) is 31.6 Å². The molecule has 1 saturated heterocycles. The minimum absolute atomic E-state index is 0.101. The van der Waals surface area contributed by atoms with Crippen LogP contribution in [0.15, 0.2) is 42.5 Å². The van der Waals surface area contributed by atoms with Gasteiger partial charge in [-0.25, -0.2) is 4.39 Å². The molecule has 0 spiro atoms. The number of hydrogen-bond donors (Lipinski definition) is 2. The number of halogens is 1. The first-order valence-corrected chi connectivity index (χ1v) is 10.1. The van der Waals surface area contributed by atoms with E-state index < -0.39 is 0 Å². The number of anilines is 1. The standard InChI is InChI=1S/C23H28FN3O3/c1-16-6-7-19(11-22(16)24)14-27-8-9-30-21(15-27)13-25-23(29)12-18-4-3-5-20(10-18)26-17(2)28/h3-7,10-11,21H,8-9,12-15H2,1-2H3,(H,25,29)(H,26,28)/t21-/m0/s1. The maximum Gasteiger partial charge on any atom is 0.224 e. The molecule has 0 bridgehead atoms. The molecular formula is C23H28FN3O3. The second kappa shape index (κ2) is 10.3. The van der Waals surface area contributed by atoms with E-state index in [0.717, 1.165) is 17.7 Å². The molecule has 0 aliphatic carbocycles. The van der Waals surface area contributed by atoms with Crippen LogP contribution in [0.5, 0.6) is 0 Å². The highest BCUT2D eigenvalue weighted by Gasteiger charge is 2.21. The van der Waals surface area contributed by atoms with Gasteiger partial charge in [-0.15, -0.1) is 0 Å². The number of nitrogens with zero attached hydrogens (tertiary/aromatic N) is 1. The third-order valence-electron chi connectivity index (χ3n) is 5.00. The minimum Gasteiger partial charge on any atom is -0.374 e. The zero-order chi connectivity index (χ0) is 21.5. The lowest BCUT2D eigenvalue weighted by molar-refractivity contribution is -0.121. The van der Waals surface area contributed by atoms with E-state index in [1.54, 1.807) is 31.2 Å². The summed E-state index contributed by atoms with van der Waals surface area (Å²) in [6.45, 7) is 6.30. The van der Waals surface area contributed by atoms with Gasteiger partial charge in [-0.2, -0.15) is 0 Å². The van der Waals surface area contributed by atoms with E-state index in [1.807, 2.05) is 18.2 Å². The van der Waals surface area contributed by atoms with Gasteiger partial charge in [0.1, 0.15) is 5.82 Å². The maximum absolute atomic E-state index is 13.8. The van der Waals surface area contributed by atoms with E-state index in [9.17, 15) is 14.0 Å². The fraction of sp³-hybridized carbons (Fsp3) is 0.391. The van der Waals surface area contributed by atoms with Crippen molar-refractivity contribution < 1.29 is 18.7 Å². The van der Waals surface area contributed by atoms with Crippen LogP contribution in [0.1, 0.15) is 23.6 Å². The molecular weight excluding hydrogens is 385 g/mol. The molecule has 1 aliphatic heterocycles. The summed E-state index contributed by atoms with van der Waals surface area (Å²) in [4.78, 5) is 25.7. The van der Waals surface area contributed by atoms with Crippen LogP contribution in [0.4, 0.5) is 10.1 Å². The SMILES string of the molecule is CC(=O)Nc1cccc(CC(=O)NC[C@H]2CN(Cc3ccc(C)c(F)c3)CCO2)c1. The van der Waals surface area contributed by atoms with Gasteiger partial charge in [0, 0.05) is 38.8 Å². The Labute approximate surface area is 176 Å². The summed E-state index contributed by atoms with van der Waals surface area (Å²) in [6.07, 6.45) is 0.121. The Balaban J connectivity index is 1.46. The first kappa shape index (κ1) is 21.9. The Hall–Kier alpha value is -2.77. The summed E-state index contributed by atoms with van der Waals surface area (Å²) in [5.41, 5.74) is 3.07. The van der Waals surface area contributed by atoms with Gasteiger partial charge in [0.2, 0.25) is 11.8 Å². The lowest BCUT2D eigenvalue weighted by atomic mass is 10.1. The van der Waals surface area contributed by atoms with Gasteiger partial charge in [0.05, 0.1) is 19.1 Å². The average Bonchev–Trinajstić information content (AvgIpc) is 2.69. The molecule has 0 saturated carbocycles. The molecule has 1 atom stereocenters. The van der Waals surface area contributed by atoms with Crippen molar-refractivity contribution in [1.82, 2.24) is 10.2 Å². The molecule has 6 nitrogen and oxygen atoms in total. The number of benzene rings is 2. The summed E-state index contributed by atoms with van der Waals surface area (Å²) in [5.74, 6) is -0.438. The monoisotopic (exact) mass is 413 g/mol. The van der Waals surface area contributed by atoms with Crippen molar-refractivity contribution in [1.29, 1.82) is 0 Å². The predicted octanol–water partition coefficient (Wildman–Crippen LogP) is 2.65. The lowest BCUT2D eigenvalue weighted by Gasteiger charge is -2.33. The second-order valence-corrected chi connectivity index (χ2v) is 7.67. The molecule has 0 unspecified atom stereocenters. The zero-order valence-electron chi connectivity index (χ0n) is 17.4. The maximum atomic E-state index is 13.8. The average molecular weight is 413 g/mol. The van der Waals surface area contributed by atoms with Crippen LogP contribution < -0.4 is 10.6 Å². The molecule has 160 valence electrons. The Morgan fingerprint density at radius 1 is 1.20 bits per heavy atom. The van der Waals surface area contributed by atoms with Crippen LogP contribution in [0.3, 0.4) is 0 Å². The smallest absolute Gasteiger partial charge is 0.224 e. The Bertz CT molecular complexity index is 903. The molecule has 1 aliphatic rings. The van der Waals surface area contributed by atoms with Gasteiger partial charge >= 0.3 is 0 Å². The molecule has 2 aromatic rings. The zero-order valence-corrected chi connectivity index (χ0v) is 17.4. The Morgan fingerprint density at radius 3 is 2.80 bits per heavy atom. The first-order chi connectivity index (χ1) is 14.4. The molecule has 1 heterocycles. The molecule has 3 rings (SSSR count). The third-order valence-corrected chi connectivity index (χ3v) is 5.00. The number of hydrogen-bond acceptors (Lipinski definition) is 4. The fourth-order valence-corrected chi connectivity index (χ4v) is 3.48. The molecule has 2 aromatic carbocycles. The van der Waals surface area contributed by atoms with Crippen molar-refractivity contribution in [2.45, 2.75) is 32.9 Å². The van der Waals surface area contributed by atoms with Crippen molar-refractivity contribution in [3.8, 4) is 0 Å². The molecule has 1 fully saturated rings. The highest BCUT2D eigenvalue weighted by Crippen LogP contribution is 2.14. The summed E-state index contributed by atoms with van der Waals surface area (Å²) < 4.78 is 19.5. The van der Waals surface area contributed by atoms with Crippen LogP contribution in [-0.2, 0) is 27.3 Å². The summed E-state index contributed by atoms with van der Waals surface area (Å²) >= 11 is 0. The van der Waals surface area contributed by atoms with Gasteiger partial charge in [0.25, 0.3) is 0 Å². The minimum atomic E-state index is -0.188. The summed E-state index contributed by atoms with van der Waals surface area (Å²) in [5, 5.41) is 5.64. The number of carbonyl (C=O) groups excluding carboxylic acids is 2.